The van der Waals surface area contributed by atoms with Gasteiger partial charge in [-0.05, 0) is 12.2 Å². The number of hydrogen-bond donors (Lipinski definition) is 1. The topological polar surface area (TPSA) is 92.7 Å². The van der Waals surface area contributed by atoms with Crippen molar-refractivity contribution in [2.24, 2.45) is 23.7 Å². The first-order chi connectivity index (χ1) is 16.0. The van der Waals surface area contributed by atoms with Crippen molar-refractivity contribution >= 4 is 29.3 Å². The molecule has 0 aliphatic carbocycles. The van der Waals surface area contributed by atoms with E-state index >= 15 is 0 Å². The van der Waals surface area contributed by atoms with Crippen LogP contribution in [-0.4, -0.2) is 98.0 Å². The van der Waals surface area contributed by atoms with Gasteiger partial charge in [-0.25, -0.2) is 0 Å². The molecule has 0 radical (unpaired) electrons. The third kappa shape index (κ3) is 5.15. The second kappa shape index (κ2) is 11.4. The zero-order chi connectivity index (χ0) is 23.5. The van der Waals surface area contributed by atoms with Crippen molar-refractivity contribution in [3.8, 4) is 0 Å². The van der Waals surface area contributed by atoms with E-state index in [1.54, 1.807) is 18.9 Å². The molecule has 10 heteroatoms. The van der Waals surface area contributed by atoms with Gasteiger partial charge in [0, 0.05) is 42.6 Å². The van der Waals surface area contributed by atoms with Crippen LogP contribution >= 0.6 is 23.5 Å². The van der Waals surface area contributed by atoms with Crippen LogP contribution in [0.25, 0.3) is 0 Å². The van der Waals surface area contributed by atoms with Crippen LogP contribution in [0.1, 0.15) is 26.7 Å². The van der Waals surface area contributed by atoms with Crippen molar-refractivity contribution < 1.29 is 38.3 Å². The second-order valence-electron chi connectivity index (χ2n) is 9.27. The van der Waals surface area contributed by atoms with Gasteiger partial charge in [0.05, 0.1) is 50.5 Å². The maximum Gasteiger partial charge on any atom is 0.175 e. The van der Waals surface area contributed by atoms with E-state index in [2.05, 4.69) is 0 Å². The number of ether oxygens (including phenoxy) is 6. The van der Waals surface area contributed by atoms with Crippen molar-refractivity contribution in [3.63, 3.8) is 0 Å². The fourth-order valence-corrected chi connectivity index (χ4v) is 8.38. The van der Waals surface area contributed by atoms with Gasteiger partial charge in [0.2, 0.25) is 0 Å². The number of aliphatic hydroxyl groups excluding tert-OH is 1. The molecule has 4 aliphatic heterocycles. The first-order valence-electron chi connectivity index (χ1n) is 12.0. The number of carbonyl (C=O) groups excluding carboxylic acids is 1. The Kier molecular flexibility index (Phi) is 9.06. The van der Waals surface area contributed by atoms with Crippen LogP contribution in [0, 0.1) is 23.7 Å². The summed E-state index contributed by atoms with van der Waals surface area (Å²) in [6.07, 6.45) is 0.140. The van der Waals surface area contributed by atoms with Crippen LogP contribution in [0.2, 0.25) is 0 Å². The second-order valence-corrected chi connectivity index (χ2v) is 11.5. The average molecular weight is 507 g/mol. The fourth-order valence-electron chi connectivity index (χ4n) is 5.72. The molecular formula is C23H38O8S2. The summed E-state index contributed by atoms with van der Waals surface area (Å²) in [5, 5.41) is 11.3. The lowest BCUT2D eigenvalue weighted by molar-refractivity contribution is -0.235. The summed E-state index contributed by atoms with van der Waals surface area (Å²) < 4.78 is 35.5. The zero-order valence-electron chi connectivity index (χ0n) is 19.9. The van der Waals surface area contributed by atoms with Crippen LogP contribution in [0.3, 0.4) is 0 Å². The summed E-state index contributed by atoms with van der Waals surface area (Å²) >= 11 is 3.54. The van der Waals surface area contributed by atoms with Gasteiger partial charge in [0.1, 0.15) is 12.6 Å². The van der Waals surface area contributed by atoms with Gasteiger partial charge in [-0.3, -0.25) is 4.79 Å². The third-order valence-electron chi connectivity index (χ3n) is 7.62. The highest BCUT2D eigenvalue weighted by molar-refractivity contribution is 7.99. The van der Waals surface area contributed by atoms with Gasteiger partial charge in [0.25, 0.3) is 0 Å². The smallest absolute Gasteiger partial charge is 0.175 e. The van der Waals surface area contributed by atoms with E-state index in [1.807, 2.05) is 25.6 Å². The van der Waals surface area contributed by atoms with E-state index in [0.717, 1.165) is 17.9 Å². The molecule has 1 N–H and O–H groups in total. The molecule has 190 valence electrons. The summed E-state index contributed by atoms with van der Waals surface area (Å²) in [6.45, 7) is 6.15. The Balaban J connectivity index is 1.54. The summed E-state index contributed by atoms with van der Waals surface area (Å²) in [5.74, 6) is 0.199. The van der Waals surface area contributed by atoms with Crippen molar-refractivity contribution in [2.75, 3.05) is 63.3 Å². The van der Waals surface area contributed by atoms with Crippen LogP contribution in [0.4, 0.5) is 0 Å². The Hall–Kier alpha value is 0.0900. The normalized spacial score (nSPS) is 34.4. The maximum atomic E-state index is 13.9. The van der Waals surface area contributed by atoms with Gasteiger partial charge >= 0.3 is 0 Å². The highest BCUT2D eigenvalue weighted by Crippen LogP contribution is 2.46. The molecule has 4 aliphatic rings. The molecule has 0 aromatic carbocycles. The van der Waals surface area contributed by atoms with Gasteiger partial charge < -0.3 is 33.5 Å². The number of carbonyl (C=O) groups is 1. The predicted molar refractivity (Wildman–Crippen MR) is 126 cm³/mol. The molecule has 33 heavy (non-hydrogen) atoms. The summed E-state index contributed by atoms with van der Waals surface area (Å²) in [5.41, 5.74) is 0. The van der Waals surface area contributed by atoms with E-state index in [9.17, 15) is 9.90 Å². The first kappa shape index (κ1) is 26.2. The summed E-state index contributed by atoms with van der Waals surface area (Å²) in [6, 6.07) is 0. The van der Waals surface area contributed by atoms with Gasteiger partial charge in [-0.15, -0.1) is 0 Å². The molecule has 4 heterocycles. The molecule has 0 aromatic heterocycles. The molecule has 1 spiro atoms. The van der Waals surface area contributed by atoms with Gasteiger partial charge in [-0.1, -0.05) is 13.8 Å². The van der Waals surface area contributed by atoms with Crippen LogP contribution in [0.15, 0.2) is 0 Å². The number of aliphatic hydroxyl groups is 1. The highest BCUT2D eigenvalue weighted by Gasteiger charge is 2.55. The largest absolute Gasteiger partial charge is 0.392 e. The molecule has 0 saturated carbocycles. The molecule has 0 aromatic rings. The lowest BCUT2D eigenvalue weighted by Gasteiger charge is -2.46. The Morgan fingerprint density at radius 1 is 1.06 bits per heavy atom. The predicted octanol–water partition coefficient (Wildman–Crippen LogP) is 2.17. The van der Waals surface area contributed by atoms with Crippen LogP contribution in [0.5, 0.6) is 0 Å². The number of methoxy groups -OCH3 is 1. The Morgan fingerprint density at radius 2 is 1.73 bits per heavy atom. The summed E-state index contributed by atoms with van der Waals surface area (Å²) in [4.78, 5) is 13.9. The highest BCUT2D eigenvalue weighted by atomic mass is 32.2. The van der Waals surface area contributed by atoms with E-state index in [1.165, 1.54) is 0 Å². The van der Waals surface area contributed by atoms with Gasteiger partial charge in [-0.2, -0.15) is 23.5 Å². The number of hydrogen-bond acceptors (Lipinski definition) is 10. The quantitative estimate of drug-likeness (QED) is 0.469. The molecule has 4 saturated heterocycles. The van der Waals surface area contributed by atoms with E-state index in [0.29, 0.717) is 44.4 Å². The Morgan fingerprint density at radius 3 is 2.39 bits per heavy atom. The number of Topliss-reactive ketones (excluding diaryl/α,β-unsaturated/α-hetero) is 1. The standard InChI is InChI=1S/C23H38O8S2/c1-4-22(28-6-7-29-22)15(2)19(24)16-11-33-12-17(20(16)25)21(27-14-26-3)18-13-32-10-5-23(18)30-8-9-31-23/h15-19,21,24H,4-14H2,1-3H3/t15-,16-,17+,18+,19+,21-/m1/s1. The van der Waals surface area contributed by atoms with Crippen molar-refractivity contribution in [1.82, 2.24) is 0 Å². The molecular weight excluding hydrogens is 468 g/mol. The van der Waals surface area contributed by atoms with E-state index < -0.39 is 29.7 Å². The molecule has 4 rings (SSSR count). The van der Waals surface area contributed by atoms with Crippen LogP contribution in [-0.2, 0) is 33.2 Å². The van der Waals surface area contributed by atoms with Crippen molar-refractivity contribution in [1.29, 1.82) is 0 Å². The molecule has 8 nitrogen and oxygen atoms in total. The summed E-state index contributed by atoms with van der Waals surface area (Å²) in [7, 11) is 1.59. The third-order valence-corrected chi connectivity index (χ3v) is 9.89. The maximum absolute atomic E-state index is 13.9. The molecule has 0 bridgehead atoms. The molecule has 0 amide bonds. The monoisotopic (exact) mass is 506 g/mol. The lowest BCUT2D eigenvalue weighted by Crippen LogP contribution is -2.57. The first-order valence-corrected chi connectivity index (χ1v) is 14.3. The Labute approximate surface area is 205 Å². The van der Waals surface area contributed by atoms with Crippen molar-refractivity contribution in [3.05, 3.63) is 0 Å². The lowest BCUT2D eigenvalue weighted by atomic mass is 9.76. The zero-order valence-corrected chi connectivity index (χ0v) is 21.5. The minimum absolute atomic E-state index is 0.0437. The number of thioether (sulfide) groups is 2. The minimum Gasteiger partial charge on any atom is -0.392 e. The van der Waals surface area contributed by atoms with E-state index in [4.69, 9.17) is 28.4 Å². The van der Waals surface area contributed by atoms with Gasteiger partial charge in [0.15, 0.2) is 11.6 Å². The number of rotatable bonds is 9. The fraction of sp³-hybridized carbons (Fsp3) is 0.957. The van der Waals surface area contributed by atoms with Crippen LogP contribution < -0.4 is 0 Å². The molecule has 4 fully saturated rings. The Bertz CT molecular complexity index is 652. The average Bonchev–Trinajstić information content (AvgIpc) is 3.51. The minimum atomic E-state index is -0.859. The SMILES string of the molecule is CCC1([C@H](C)[C@H](O)[C@H]2CSC[C@H]([C@@H](OCOC)[C@@H]3CSCCC34OCCO4)C2=O)OCCO1. The molecule has 6 atom stereocenters. The molecule has 0 unspecified atom stereocenters. The van der Waals surface area contributed by atoms with E-state index in [-0.39, 0.29) is 30.3 Å². The number of ketones is 1. The van der Waals surface area contributed by atoms with Crippen molar-refractivity contribution in [2.45, 2.75) is 50.5 Å².